The largest absolute Gasteiger partial charge is 0.493 e. The quantitative estimate of drug-likeness (QED) is 0.921. The summed E-state index contributed by atoms with van der Waals surface area (Å²) in [7, 11) is 1.72. The Morgan fingerprint density at radius 3 is 2.57 bits per heavy atom. The molecule has 0 atom stereocenters. The maximum Gasteiger partial charge on any atom is 0.165 e. The minimum absolute atomic E-state index is 0.243. The van der Waals surface area contributed by atoms with E-state index in [4.69, 9.17) is 15.2 Å². The van der Waals surface area contributed by atoms with Crippen molar-refractivity contribution in [3.8, 4) is 11.5 Å². The van der Waals surface area contributed by atoms with Crippen molar-refractivity contribution in [1.29, 1.82) is 0 Å². The van der Waals surface area contributed by atoms with E-state index in [-0.39, 0.29) is 5.54 Å². The van der Waals surface area contributed by atoms with E-state index in [1.807, 2.05) is 17.8 Å². The van der Waals surface area contributed by atoms with Crippen LogP contribution < -0.4 is 15.2 Å². The third kappa shape index (κ3) is 3.16. The molecule has 0 spiro atoms. The monoisotopic (exact) mass is 307 g/mol. The maximum atomic E-state index is 6.62. The van der Waals surface area contributed by atoms with Crippen molar-refractivity contribution in [3.63, 3.8) is 0 Å². The molecule has 0 bridgehead atoms. The molecule has 4 heteroatoms. The lowest BCUT2D eigenvalue weighted by Crippen LogP contribution is -2.33. The summed E-state index contributed by atoms with van der Waals surface area (Å²) in [4.78, 5) is 0. The van der Waals surface area contributed by atoms with Crippen LogP contribution in [0.5, 0.6) is 11.5 Å². The van der Waals surface area contributed by atoms with Gasteiger partial charge in [0, 0.05) is 11.1 Å². The van der Waals surface area contributed by atoms with E-state index in [2.05, 4.69) is 12.1 Å². The highest BCUT2D eigenvalue weighted by Gasteiger charge is 2.35. The second-order valence-corrected chi connectivity index (χ2v) is 7.35. The summed E-state index contributed by atoms with van der Waals surface area (Å²) in [6, 6.07) is 6.17. The van der Waals surface area contributed by atoms with Crippen molar-refractivity contribution in [2.45, 2.75) is 50.2 Å². The number of hydrogen-bond acceptors (Lipinski definition) is 4. The summed E-state index contributed by atoms with van der Waals surface area (Å²) < 4.78 is 11.9. The van der Waals surface area contributed by atoms with Crippen LogP contribution in [0.4, 0.5) is 0 Å². The zero-order chi connectivity index (χ0) is 14.7. The second kappa shape index (κ2) is 6.49. The molecule has 3 nitrogen and oxygen atoms in total. The van der Waals surface area contributed by atoms with Crippen molar-refractivity contribution in [2.24, 2.45) is 5.73 Å². The Bertz CT molecular complexity index is 480. The summed E-state index contributed by atoms with van der Waals surface area (Å²) in [5.74, 6) is 4.09. The number of thioether (sulfide) groups is 1. The van der Waals surface area contributed by atoms with E-state index in [0.29, 0.717) is 6.10 Å². The Morgan fingerprint density at radius 2 is 1.90 bits per heavy atom. The summed E-state index contributed by atoms with van der Waals surface area (Å²) in [5.41, 5.74) is 7.49. The van der Waals surface area contributed by atoms with Crippen LogP contribution in [0.2, 0.25) is 0 Å². The SMILES string of the molecule is COc1c(OC2CCSCC2)cccc1C1(N)CCCC1. The molecule has 0 unspecified atom stereocenters. The van der Waals surface area contributed by atoms with Gasteiger partial charge in [0.25, 0.3) is 0 Å². The summed E-state index contributed by atoms with van der Waals surface area (Å²) in [5, 5.41) is 0. The van der Waals surface area contributed by atoms with Gasteiger partial charge in [0.05, 0.1) is 7.11 Å². The lowest BCUT2D eigenvalue weighted by atomic mass is 9.88. The Labute approximate surface area is 131 Å². The van der Waals surface area contributed by atoms with Crippen molar-refractivity contribution in [3.05, 3.63) is 23.8 Å². The molecule has 0 amide bonds. The van der Waals surface area contributed by atoms with Crippen LogP contribution in [0, 0.1) is 0 Å². The molecular formula is C17H25NO2S. The number of methoxy groups -OCH3 is 1. The molecule has 2 N–H and O–H groups in total. The van der Waals surface area contributed by atoms with E-state index in [0.717, 1.165) is 42.7 Å². The predicted molar refractivity (Wildman–Crippen MR) is 88.3 cm³/mol. The van der Waals surface area contributed by atoms with E-state index in [9.17, 15) is 0 Å². The van der Waals surface area contributed by atoms with Gasteiger partial charge < -0.3 is 15.2 Å². The Morgan fingerprint density at radius 1 is 1.19 bits per heavy atom. The molecule has 2 fully saturated rings. The average molecular weight is 307 g/mol. The van der Waals surface area contributed by atoms with Gasteiger partial charge in [-0.3, -0.25) is 0 Å². The minimum atomic E-state index is -0.243. The van der Waals surface area contributed by atoms with Gasteiger partial charge in [0.15, 0.2) is 11.5 Å². The van der Waals surface area contributed by atoms with Crippen LogP contribution in [0.15, 0.2) is 18.2 Å². The van der Waals surface area contributed by atoms with Crippen molar-refractivity contribution >= 4 is 11.8 Å². The third-order valence-corrected chi connectivity index (χ3v) is 5.73. The highest BCUT2D eigenvalue weighted by Crippen LogP contribution is 2.44. The Kier molecular flexibility index (Phi) is 4.65. The highest BCUT2D eigenvalue weighted by molar-refractivity contribution is 7.99. The number of nitrogens with two attached hydrogens (primary N) is 1. The first-order valence-electron chi connectivity index (χ1n) is 7.94. The predicted octanol–water partition coefficient (Wildman–Crippen LogP) is 3.70. The fourth-order valence-electron chi connectivity index (χ4n) is 3.46. The smallest absolute Gasteiger partial charge is 0.165 e. The summed E-state index contributed by atoms with van der Waals surface area (Å²) in [6.45, 7) is 0. The van der Waals surface area contributed by atoms with E-state index in [1.165, 1.54) is 24.3 Å². The normalized spacial score (nSPS) is 22.2. The van der Waals surface area contributed by atoms with Crippen molar-refractivity contribution < 1.29 is 9.47 Å². The van der Waals surface area contributed by atoms with Gasteiger partial charge in [0.1, 0.15) is 6.10 Å². The number of para-hydroxylation sites is 1. The number of hydrogen-bond donors (Lipinski definition) is 1. The average Bonchev–Trinajstić information content (AvgIpc) is 2.96. The second-order valence-electron chi connectivity index (χ2n) is 6.13. The summed E-state index contributed by atoms with van der Waals surface area (Å²) >= 11 is 2.01. The van der Waals surface area contributed by atoms with E-state index < -0.39 is 0 Å². The molecule has 0 radical (unpaired) electrons. The fraction of sp³-hybridized carbons (Fsp3) is 0.647. The van der Waals surface area contributed by atoms with Gasteiger partial charge in [-0.1, -0.05) is 25.0 Å². The summed E-state index contributed by atoms with van der Waals surface area (Å²) in [6.07, 6.45) is 7.01. The molecule has 3 rings (SSSR count). The van der Waals surface area contributed by atoms with Gasteiger partial charge in [0.2, 0.25) is 0 Å². The van der Waals surface area contributed by atoms with Crippen LogP contribution in [0.25, 0.3) is 0 Å². The van der Waals surface area contributed by atoms with Crippen LogP contribution in [0.3, 0.4) is 0 Å². The standard InChI is InChI=1S/C17H25NO2S/c1-19-16-14(17(18)9-2-3-10-17)5-4-6-15(16)20-13-7-11-21-12-8-13/h4-6,13H,2-3,7-12,18H2,1H3. The Balaban J connectivity index is 1.86. The number of rotatable bonds is 4. The molecule has 21 heavy (non-hydrogen) atoms. The lowest BCUT2D eigenvalue weighted by molar-refractivity contribution is 0.183. The first kappa shape index (κ1) is 15.0. The van der Waals surface area contributed by atoms with Crippen LogP contribution in [-0.2, 0) is 5.54 Å². The molecule has 1 aliphatic heterocycles. The molecule has 1 saturated carbocycles. The fourth-order valence-corrected chi connectivity index (χ4v) is 4.52. The molecular weight excluding hydrogens is 282 g/mol. The van der Waals surface area contributed by atoms with Gasteiger partial charge >= 0.3 is 0 Å². The molecule has 1 aromatic carbocycles. The van der Waals surface area contributed by atoms with Crippen molar-refractivity contribution in [1.82, 2.24) is 0 Å². The molecule has 2 aliphatic rings. The molecule has 1 saturated heterocycles. The number of benzene rings is 1. The minimum Gasteiger partial charge on any atom is -0.493 e. The van der Waals surface area contributed by atoms with Crippen LogP contribution in [0.1, 0.15) is 44.1 Å². The molecule has 1 aromatic rings. The zero-order valence-electron chi connectivity index (χ0n) is 12.8. The molecule has 1 heterocycles. The molecule has 0 aromatic heterocycles. The topological polar surface area (TPSA) is 44.5 Å². The lowest BCUT2D eigenvalue weighted by Gasteiger charge is -2.29. The van der Waals surface area contributed by atoms with Crippen LogP contribution in [-0.4, -0.2) is 24.7 Å². The Hall–Kier alpha value is -0.870. The third-order valence-electron chi connectivity index (χ3n) is 4.68. The first-order valence-corrected chi connectivity index (χ1v) is 9.09. The first-order chi connectivity index (χ1) is 10.2. The number of ether oxygens (including phenoxy) is 2. The highest BCUT2D eigenvalue weighted by atomic mass is 32.2. The van der Waals surface area contributed by atoms with Gasteiger partial charge in [-0.25, -0.2) is 0 Å². The maximum absolute atomic E-state index is 6.62. The van der Waals surface area contributed by atoms with Crippen molar-refractivity contribution in [2.75, 3.05) is 18.6 Å². The van der Waals surface area contributed by atoms with Crippen LogP contribution >= 0.6 is 11.8 Å². The van der Waals surface area contributed by atoms with E-state index in [1.54, 1.807) is 7.11 Å². The zero-order valence-corrected chi connectivity index (χ0v) is 13.6. The van der Waals surface area contributed by atoms with E-state index >= 15 is 0 Å². The van der Waals surface area contributed by atoms with Gasteiger partial charge in [-0.15, -0.1) is 0 Å². The van der Waals surface area contributed by atoms with Gasteiger partial charge in [-0.2, -0.15) is 11.8 Å². The van der Waals surface area contributed by atoms with Gasteiger partial charge in [-0.05, 0) is 43.3 Å². The molecule has 116 valence electrons. The molecule has 1 aliphatic carbocycles.